The maximum absolute atomic E-state index is 9.61. The van der Waals surface area contributed by atoms with Crippen LogP contribution in [0, 0.1) is 0 Å². The Kier molecular flexibility index (Phi) is 6.91. The van der Waals surface area contributed by atoms with Crippen LogP contribution in [-0.4, -0.2) is 37.0 Å². The highest BCUT2D eigenvalue weighted by molar-refractivity contribution is 5.42. The number of nitrogens with one attached hydrogen (secondary N) is 2. The third-order valence-electron chi connectivity index (χ3n) is 3.92. The molecule has 0 aromatic heterocycles. The molecule has 1 unspecified atom stereocenters. The summed E-state index contributed by atoms with van der Waals surface area (Å²) in [6.45, 7) is 4.27. The first-order valence-corrected chi connectivity index (χ1v) is 8.19. The predicted octanol–water partition coefficient (Wildman–Crippen LogP) is 2.38. The molecular weight excluding hydrogens is 320 g/mol. The summed E-state index contributed by atoms with van der Waals surface area (Å²) < 4.78 is 10.2. The van der Waals surface area contributed by atoms with Crippen molar-refractivity contribution < 1.29 is 19.7 Å². The second-order valence-corrected chi connectivity index (χ2v) is 5.93. The van der Waals surface area contributed by atoms with Crippen molar-refractivity contribution in [3.05, 3.63) is 47.5 Å². The van der Waals surface area contributed by atoms with Crippen molar-refractivity contribution >= 4 is 0 Å². The smallest absolute Gasteiger partial charge is 0.160 e. The minimum atomic E-state index is 0.144. The quantitative estimate of drug-likeness (QED) is 0.558. The van der Waals surface area contributed by atoms with Gasteiger partial charge in [0.25, 0.3) is 0 Å². The maximum Gasteiger partial charge on any atom is 0.160 e. The first kappa shape index (κ1) is 18.9. The predicted molar refractivity (Wildman–Crippen MR) is 97.3 cm³/mol. The molecule has 6 nitrogen and oxygen atoms in total. The number of phenols is 2. The van der Waals surface area contributed by atoms with Gasteiger partial charge >= 0.3 is 0 Å². The van der Waals surface area contributed by atoms with Gasteiger partial charge in [0.2, 0.25) is 0 Å². The molecule has 0 aliphatic heterocycles. The second-order valence-electron chi connectivity index (χ2n) is 5.93. The summed E-state index contributed by atoms with van der Waals surface area (Å²) in [5, 5.41) is 26.0. The van der Waals surface area contributed by atoms with Crippen LogP contribution < -0.4 is 20.1 Å². The van der Waals surface area contributed by atoms with E-state index >= 15 is 0 Å². The Morgan fingerprint density at radius 3 is 1.92 bits per heavy atom. The van der Waals surface area contributed by atoms with Crippen LogP contribution in [0.25, 0.3) is 0 Å². The Bertz CT molecular complexity index is 691. The van der Waals surface area contributed by atoms with E-state index < -0.39 is 0 Å². The molecule has 0 bridgehead atoms. The first-order valence-electron chi connectivity index (χ1n) is 8.19. The summed E-state index contributed by atoms with van der Waals surface area (Å²) in [7, 11) is 3.08. The molecule has 0 heterocycles. The zero-order chi connectivity index (χ0) is 18.2. The highest BCUT2D eigenvalue weighted by Gasteiger charge is 2.06. The molecule has 0 spiro atoms. The van der Waals surface area contributed by atoms with E-state index in [1.807, 2.05) is 24.3 Å². The molecule has 2 aromatic rings. The molecule has 6 heteroatoms. The van der Waals surface area contributed by atoms with Gasteiger partial charge in [-0.15, -0.1) is 0 Å². The van der Waals surface area contributed by atoms with E-state index in [0.717, 1.165) is 17.7 Å². The highest BCUT2D eigenvalue weighted by atomic mass is 16.5. The van der Waals surface area contributed by atoms with Crippen molar-refractivity contribution in [3.63, 3.8) is 0 Å². The van der Waals surface area contributed by atoms with E-state index in [-0.39, 0.29) is 17.5 Å². The van der Waals surface area contributed by atoms with Crippen LogP contribution >= 0.6 is 0 Å². The van der Waals surface area contributed by atoms with Crippen LogP contribution in [-0.2, 0) is 13.1 Å². The van der Waals surface area contributed by atoms with Crippen molar-refractivity contribution in [1.29, 1.82) is 0 Å². The summed E-state index contributed by atoms with van der Waals surface area (Å²) in [5.74, 6) is 1.24. The molecule has 0 amide bonds. The zero-order valence-electron chi connectivity index (χ0n) is 14.9. The van der Waals surface area contributed by atoms with Crippen LogP contribution in [0.1, 0.15) is 18.1 Å². The molecule has 0 saturated carbocycles. The molecule has 0 radical (unpaired) electrons. The molecule has 136 valence electrons. The summed E-state index contributed by atoms with van der Waals surface area (Å²) >= 11 is 0. The van der Waals surface area contributed by atoms with Gasteiger partial charge in [0, 0.05) is 25.7 Å². The fourth-order valence-corrected chi connectivity index (χ4v) is 2.46. The van der Waals surface area contributed by atoms with Crippen LogP contribution in [0.2, 0.25) is 0 Å². The van der Waals surface area contributed by atoms with Crippen molar-refractivity contribution in [2.75, 3.05) is 20.8 Å². The summed E-state index contributed by atoms with van der Waals surface area (Å²) in [4.78, 5) is 0. The molecule has 0 aliphatic carbocycles. The molecule has 0 saturated heterocycles. The third kappa shape index (κ3) is 5.55. The lowest BCUT2D eigenvalue weighted by Crippen LogP contribution is -2.35. The fourth-order valence-electron chi connectivity index (χ4n) is 2.46. The zero-order valence-corrected chi connectivity index (χ0v) is 14.9. The molecule has 25 heavy (non-hydrogen) atoms. The van der Waals surface area contributed by atoms with Gasteiger partial charge in [0.05, 0.1) is 14.2 Å². The van der Waals surface area contributed by atoms with Crippen molar-refractivity contribution in [2.45, 2.75) is 26.1 Å². The third-order valence-corrected chi connectivity index (χ3v) is 3.92. The average molecular weight is 346 g/mol. The number of benzene rings is 2. The minimum absolute atomic E-state index is 0.144. The van der Waals surface area contributed by atoms with Gasteiger partial charge in [-0.05, 0) is 42.3 Å². The number of rotatable bonds is 9. The standard InChI is InChI=1S/C19H26N2O4/c1-13(21-12-15-5-7-17(23)19(9-15)25-3)10-20-11-14-4-6-16(22)18(8-14)24-2/h4-9,13,20-23H,10-12H2,1-3H3. The minimum Gasteiger partial charge on any atom is -0.504 e. The number of methoxy groups -OCH3 is 2. The van der Waals surface area contributed by atoms with Crippen LogP contribution in [0.4, 0.5) is 0 Å². The van der Waals surface area contributed by atoms with Crippen molar-refractivity contribution in [3.8, 4) is 23.0 Å². The number of hydrogen-bond acceptors (Lipinski definition) is 6. The van der Waals surface area contributed by atoms with Gasteiger partial charge in [-0.2, -0.15) is 0 Å². The van der Waals surface area contributed by atoms with Gasteiger partial charge in [-0.3, -0.25) is 0 Å². The molecular formula is C19H26N2O4. The normalized spacial score (nSPS) is 12.0. The number of hydrogen-bond donors (Lipinski definition) is 4. The van der Waals surface area contributed by atoms with Gasteiger partial charge in [-0.1, -0.05) is 12.1 Å². The Morgan fingerprint density at radius 1 is 0.880 bits per heavy atom. The van der Waals surface area contributed by atoms with Gasteiger partial charge in [0.15, 0.2) is 23.0 Å². The fraction of sp³-hybridized carbons (Fsp3) is 0.368. The second kappa shape index (κ2) is 9.15. The molecule has 4 N–H and O–H groups in total. The van der Waals surface area contributed by atoms with E-state index in [0.29, 0.717) is 24.6 Å². The number of aromatic hydroxyl groups is 2. The molecule has 2 rings (SSSR count). The monoisotopic (exact) mass is 346 g/mol. The Labute approximate surface area is 148 Å². The lowest BCUT2D eigenvalue weighted by molar-refractivity contribution is 0.372. The molecule has 0 aliphatic rings. The van der Waals surface area contributed by atoms with Gasteiger partial charge in [-0.25, -0.2) is 0 Å². The lowest BCUT2D eigenvalue weighted by atomic mass is 10.2. The van der Waals surface area contributed by atoms with E-state index in [2.05, 4.69) is 17.6 Å². The Hall–Kier alpha value is -2.44. The van der Waals surface area contributed by atoms with Gasteiger partial charge < -0.3 is 30.3 Å². The van der Waals surface area contributed by atoms with Gasteiger partial charge in [0.1, 0.15) is 0 Å². The first-order chi connectivity index (χ1) is 12.0. The molecule has 2 aromatic carbocycles. The molecule has 0 fully saturated rings. The van der Waals surface area contributed by atoms with E-state index in [4.69, 9.17) is 9.47 Å². The van der Waals surface area contributed by atoms with E-state index in [1.54, 1.807) is 12.1 Å². The van der Waals surface area contributed by atoms with Crippen LogP contribution in [0.15, 0.2) is 36.4 Å². The highest BCUT2D eigenvalue weighted by Crippen LogP contribution is 2.27. The Balaban J connectivity index is 1.76. The summed E-state index contributed by atoms with van der Waals surface area (Å²) in [5.41, 5.74) is 2.09. The van der Waals surface area contributed by atoms with Crippen molar-refractivity contribution in [1.82, 2.24) is 10.6 Å². The average Bonchev–Trinajstić information content (AvgIpc) is 2.62. The summed E-state index contributed by atoms with van der Waals surface area (Å²) in [6.07, 6.45) is 0. The van der Waals surface area contributed by atoms with E-state index in [1.165, 1.54) is 14.2 Å². The van der Waals surface area contributed by atoms with Crippen molar-refractivity contribution in [2.24, 2.45) is 0 Å². The molecule has 1 atom stereocenters. The SMILES string of the molecule is COc1cc(CNCC(C)NCc2ccc(O)c(OC)c2)ccc1O. The lowest BCUT2D eigenvalue weighted by Gasteiger charge is -2.16. The van der Waals surface area contributed by atoms with Crippen LogP contribution in [0.3, 0.4) is 0 Å². The summed E-state index contributed by atoms with van der Waals surface area (Å²) in [6, 6.07) is 10.9. The topological polar surface area (TPSA) is 83.0 Å². The van der Waals surface area contributed by atoms with Crippen LogP contribution in [0.5, 0.6) is 23.0 Å². The van der Waals surface area contributed by atoms with E-state index in [9.17, 15) is 10.2 Å². The number of ether oxygens (including phenoxy) is 2. The number of phenolic OH excluding ortho intramolecular Hbond substituents is 2. The maximum atomic E-state index is 9.61. The largest absolute Gasteiger partial charge is 0.504 e. The Morgan fingerprint density at radius 2 is 1.40 bits per heavy atom.